The van der Waals surface area contributed by atoms with Gasteiger partial charge >= 0.3 is 5.97 Å². The molecule has 1 atom stereocenters. The van der Waals surface area contributed by atoms with Gasteiger partial charge in [0.1, 0.15) is 5.60 Å². The van der Waals surface area contributed by atoms with Crippen molar-refractivity contribution >= 4 is 5.97 Å². The molecule has 78 valence electrons. The summed E-state index contributed by atoms with van der Waals surface area (Å²) in [6.45, 7) is 7.53. The van der Waals surface area contributed by atoms with Gasteiger partial charge in [0.2, 0.25) is 0 Å². The third kappa shape index (κ3) is 5.64. The predicted octanol–water partition coefficient (Wildman–Crippen LogP) is 1.88. The summed E-state index contributed by atoms with van der Waals surface area (Å²) in [4.78, 5) is 11.2. The maximum atomic E-state index is 11.2. The SMILES string of the molecule is CCC(O)CC(=O)OC(C)(C)CC. The molecule has 0 fully saturated rings. The lowest BCUT2D eigenvalue weighted by Crippen LogP contribution is -2.28. The van der Waals surface area contributed by atoms with E-state index in [-0.39, 0.29) is 12.4 Å². The Kier molecular flexibility index (Phi) is 4.99. The molecule has 0 rings (SSSR count). The van der Waals surface area contributed by atoms with E-state index in [0.29, 0.717) is 6.42 Å². The number of carbonyl (C=O) groups is 1. The van der Waals surface area contributed by atoms with E-state index in [1.165, 1.54) is 0 Å². The van der Waals surface area contributed by atoms with Crippen LogP contribution in [-0.4, -0.2) is 22.8 Å². The van der Waals surface area contributed by atoms with Gasteiger partial charge in [-0.1, -0.05) is 13.8 Å². The summed E-state index contributed by atoms with van der Waals surface area (Å²) < 4.78 is 5.16. The molecule has 0 radical (unpaired) electrons. The van der Waals surface area contributed by atoms with Gasteiger partial charge in [-0.15, -0.1) is 0 Å². The van der Waals surface area contributed by atoms with Crippen LogP contribution in [0.15, 0.2) is 0 Å². The Morgan fingerprint density at radius 3 is 2.38 bits per heavy atom. The van der Waals surface area contributed by atoms with Crippen molar-refractivity contribution in [3.8, 4) is 0 Å². The molecular formula is C10H20O3. The highest BCUT2D eigenvalue weighted by atomic mass is 16.6. The molecule has 0 aromatic heterocycles. The van der Waals surface area contributed by atoms with Crippen LogP contribution in [0.4, 0.5) is 0 Å². The van der Waals surface area contributed by atoms with Gasteiger partial charge in [-0.2, -0.15) is 0 Å². The van der Waals surface area contributed by atoms with E-state index in [9.17, 15) is 9.90 Å². The molecule has 0 amide bonds. The minimum Gasteiger partial charge on any atom is -0.460 e. The van der Waals surface area contributed by atoms with Crippen LogP contribution in [0.25, 0.3) is 0 Å². The summed E-state index contributed by atoms with van der Waals surface area (Å²) in [6.07, 6.45) is 0.892. The molecule has 1 N–H and O–H groups in total. The number of esters is 1. The zero-order chi connectivity index (χ0) is 10.5. The molecule has 0 spiro atoms. The molecule has 0 aliphatic heterocycles. The first-order chi connectivity index (χ1) is 5.91. The lowest BCUT2D eigenvalue weighted by molar-refractivity contribution is -0.158. The highest BCUT2D eigenvalue weighted by molar-refractivity contribution is 5.70. The topological polar surface area (TPSA) is 46.5 Å². The fourth-order valence-corrected chi connectivity index (χ4v) is 0.759. The lowest BCUT2D eigenvalue weighted by Gasteiger charge is -2.23. The van der Waals surface area contributed by atoms with Crippen molar-refractivity contribution in [3.05, 3.63) is 0 Å². The van der Waals surface area contributed by atoms with Crippen LogP contribution in [-0.2, 0) is 9.53 Å². The van der Waals surface area contributed by atoms with Crippen LogP contribution in [0, 0.1) is 0 Å². The molecule has 1 unspecified atom stereocenters. The summed E-state index contributed by atoms with van der Waals surface area (Å²) >= 11 is 0. The second kappa shape index (κ2) is 5.22. The van der Waals surface area contributed by atoms with Crippen LogP contribution >= 0.6 is 0 Å². The third-order valence-corrected chi connectivity index (χ3v) is 2.12. The first-order valence-electron chi connectivity index (χ1n) is 4.81. The van der Waals surface area contributed by atoms with E-state index in [1.807, 2.05) is 27.7 Å². The molecule has 3 nitrogen and oxygen atoms in total. The first-order valence-corrected chi connectivity index (χ1v) is 4.81. The number of carbonyl (C=O) groups excluding carboxylic acids is 1. The average molecular weight is 188 g/mol. The van der Waals surface area contributed by atoms with Gasteiger partial charge in [0.05, 0.1) is 12.5 Å². The monoisotopic (exact) mass is 188 g/mol. The van der Waals surface area contributed by atoms with E-state index >= 15 is 0 Å². The smallest absolute Gasteiger partial charge is 0.308 e. The Morgan fingerprint density at radius 2 is 2.00 bits per heavy atom. The minimum absolute atomic E-state index is 0.0972. The van der Waals surface area contributed by atoms with Crippen molar-refractivity contribution in [2.45, 2.75) is 58.7 Å². The first kappa shape index (κ1) is 12.4. The molecule has 0 aromatic rings. The molecular weight excluding hydrogens is 168 g/mol. The maximum absolute atomic E-state index is 11.2. The number of ether oxygens (including phenoxy) is 1. The second-order valence-electron chi connectivity index (χ2n) is 3.85. The third-order valence-electron chi connectivity index (χ3n) is 2.12. The fourth-order valence-electron chi connectivity index (χ4n) is 0.759. The van der Waals surface area contributed by atoms with Gasteiger partial charge in [0.15, 0.2) is 0 Å². The summed E-state index contributed by atoms with van der Waals surface area (Å²) in [6, 6.07) is 0. The Morgan fingerprint density at radius 1 is 1.46 bits per heavy atom. The second-order valence-corrected chi connectivity index (χ2v) is 3.85. The number of hydrogen-bond donors (Lipinski definition) is 1. The summed E-state index contributed by atoms with van der Waals surface area (Å²) in [5.41, 5.74) is -0.412. The number of rotatable bonds is 5. The van der Waals surface area contributed by atoms with Crippen molar-refractivity contribution in [3.63, 3.8) is 0 Å². The molecule has 0 saturated carbocycles. The van der Waals surface area contributed by atoms with Gasteiger partial charge in [-0.3, -0.25) is 4.79 Å². The summed E-state index contributed by atoms with van der Waals surface area (Å²) in [7, 11) is 0. The van der Waals surface area contributed by atoms with Crippen molar-refractivity contribution in [1.29, 1.82) is 0 Å². The molecule has 0 aliphatic rings. The van der Waals surface area contributed by atoms with E-state index < -0.39 is 11.7 Å². The fraction of sp³-hybridized carbons (Fsp3) is 0.900. The molecule has 0 heterocycles. The largest absolute Gasteiger partial charge is 0.460 e. The van der Waals surface area contributed by atoms with E-state index in [2.05, 4.69) is 0 Å². The molecule has 13 heavy (non-hydrogen) atoms. The number of aliphatic hydroxyl groups excluding tert-OH is 1. The van der Waals surface area contributed by atoms with Crippen LogP contribution in [0.5, 0.6) is 0 Å². The van der Waals surface area contributed by atoms with Gasteiger partial charge in [-0.25, -0.2) is 0 Å². The zero-order valence-corrected chi connectivity index (χ0v) is 8.96. The molecule has 0 aliphatic carbocycles. The summed E-state index contributed by atoms with van der Waals surface area (Å²) in [5.74, 6) is -0.318. The normalized spacial score (nSPS) is 13.9. The van der Waals surface area contributed by atoms with E-state index in [0.717, 1.165) is 6.42 Å². The Hall–Kier alpha value is -0.570. The average Bonchev–Trinajstić information content (AvgIpc) is 2.03. The molecule has 0 saturated heterocycles. The van der Waals surface area contributed by atoms with E-state index in [1.54, 1.807) is 0 Å². The van der Waals surface area contributed by atoms with Crippen molar-refractivity contribution in [1.82, 2.24) is 0 Å². The van der Waals surface area contributed by atoms with Gasteiger partial charge in [0.25, 0.3) is 0 Å². The van der Waals surface area contributed by atoms with E-state index in [4.69, 9.17) is 4.74 Å². The molecule has 3 heteroatoms. The Labute approximate surface area is 80.1 Å². The van der Waals surface area contributed by atoms with Crippen molar-refractivity contribution < 1.29 is 14.6 Å². The van der Waals surface area contributed by atoms with Gasteiger partial charge in [-0.05, 0) is 26.7 Å². The standard InChI is InChI=1S/C10H20O3/c1-5-8(11)7-9(12)13-10(3,4)6-2/h8,11H,5-7H2,1-4H3. The van der Waals surface area contributed by atoms with Gasteiger partial charge in [0, 0.05) is 0 Å². The zero-order valence-electron chi connectivity index (χ0n) is 8.96. The van der Waals surface area contributed by atoms with Gasteiger partial charge < -0.3 is 9.84 Å². The lowest BCUT2D eigenvalue weighted by atomic mass is 10.1. The number of hydrogen-bond acceptors (Lipinski definition) is 3. The van der Waals surface area contributed by atoms with Crippen molar-refractivity contribution in [2.75, 3.05) is 0 Å². The highest BCUT2D eigenvalue weighted by Crippen LogP contribution is 2.15. The van der Waals surface area contributed by atoms with Crippen LogP contribution < -0.4 is 0 Å². The highest BCUT2D eigenvalue weighted by Gasteiger charge is 2.21. The maximum Gasteiger partial charge on any atom is 0.308 e. The number of aliphatic hydroxyl groups is 1. The van der Waals surface area contributed by atoms with Crippen LogP contribution in [0.2, 0.25) is 0 Å². The minimum atomic E-state index is -0.569. The van der Waals surface area contributed by atoms with Crippen molar-refractivity contribution in [2.24, 2.45) is 0 Å². The predicted molar refractivity (Wildman–Crippen MR) is 51.4 cm³/mol. The Bertz CT molecular complexity index is 164. The summed E-state index contributed by atoms with van der Waals surface area (Å²) in [5, 5.41) is 9.20. The van der Waals surface area contributed by atoms with Crippen LogP contribution in [0.3, 0.4) is 0 Å². The molecule has 0 bridgehead atoms. The van der Waals surface area contributed by atoms with Crippen LogP contribution in [0.1, 0.15) is 47.0 Å². The Balaban J connectivity index is 3.87. The quantitative estimate of drug-likeness (QED) is 0.670. The molecule has 0 aromatic carbocycles.